The molecule has 2 N–H and O–H groups in total. The number of benzene rings is 1. The summed E-state index contributed by atoms with van der Waals surface area (Å²) >= 11 is 0. The Morgan fingerprint density at radius 3 is 2.95 bits per heavy atom. The maximum Gasteiger partial charge on any atom is 0.0230 e. The van der Waals surface area contributed by atoms with Gasteiger partial charge in [0.25, 0.3) is 0 Å². The van der Waals surface area contributed by atoms with Crippen molar-refractivity contribution in [3.05, 3.63) is 35.4 Å². The Morgan fingerprint density at radius 1 is 1.32 bits per heavy atom. The molecule has 0 aliphatic carbocycles. The SMILES string of the molecule is Cc1ccccc1CCNCCC1CNCCN1C. The van der Waals surface area contributed by atoms with Gasteiger partial charge in [-0.1, -0.05) is 24.3 Å². The van der Waals surface area contributed by atoms with Crippen LogP contribution in [-0.2, 0) is 6.42 Å². The zero-order chi connectivity index (χ0) is 13.5. The smallest absolute Gasteiger partial charge is 0.0230 e. The van der Waals surface area contributed by atoms with Gasteiger partial charge in [-0.25, -0.2) is 0 Å². The molecule has 0 bridgehead atoms. The minimum Gasteiger partial charge on any atom is -0.316 e. The zero-order valence-corrected chi connectivity index (χ0v) is 12.3. The molecule has 1 heterocycles. The predicted molar refractivity (Wildman–Crippen MR) is 81.7 cm³/mol. The molecule has 1 atom stereocenters. The van der Waals surface area contributed by atoms with Gasteiger partial charge in [0.15, 0.2) is 0 Å². The summed E-state index contributed by atoms with van der Waals surface area (Å²) in [5.41, 5.74) is 2.87. The molecule has 0 amide bonds. The molecule has 1 aromatic rings. The number of nitrogens with zero attached hydrogens (tertiary/aromatic N) is 1. The van der Waals surface area contributed by atoms with E-state index in [1.807, 2.05) is 0 Å². The third kappa shape index (κ3) is 4.60. The predicted octanol–water partition coefficient (Wildman–Crippen LogP) is 1.42. The molecule has 1 aromatic carbocycles. The van der Waals surface area contributed by atoms with Crippen LogP contribution in [0.15, 0.2) is 24.3 Å². The van der Waals surface area contributed by atoms with Gasteiger partial charge in [0.05, 0.1) is 0 Å². The topological polar surface area (TPSA) is 27.3 Å². The van der Waals surface area contributed by atoms with Gasteiger partial charge in [-0.2, -0.15) is 0 Å². The molecule has 19 heavy (non-hydrogen) atoms. The summed E-state index contributed by atoms with van der Waals surface area (Å²) in [4.78, 5) is 2.47. The summed E-state index contributed by atoms with van der Waals surface area (Å²) in [6.45, 7) is 7.83. The van der Waals surface area contributed by atoms with Crippen LogP contribution in [0.4, 0.5) is 0 Å². The minimum atomic E-state index is 0.694. The molecule has 2 rings (SSSR count). The van der Waals surface area contributed by atoms with Gasteiger partial charge >= 0.3 is 0 Å². The van der Waals surface area contributed by atoms with E-state index in [9.17, 15) is 0 Å². The normalized spacial score (nSPS) is 20.6. The van der Waals surface area contributed by atoms with Crippen molar-refractivity contribution in [3.63, 3.8) is 0 Å². The molecule has 1 aliphatic rings. The second-order valence-electron chi connectivity index (χ2n) is 5.55. The monoisotopic (exact) mass is 261 g/mol. The maximum absolute atomic E-state index is 3.57. The molecule has 1 saturated heterocycles. The maximum atomic E-state index is 3.57. The summed E-state index contributed by atoms with van der Waals surface area (Å²) in [6.07, 6.45) is 2.36. The third-order valence-electron chi connectivity index (χ3n) is 4.13. The number of likely N-dealkylation sites (N-methyl/N-ethyl adjacent to an activating group) is 1. The first-order valence-corrected chi connectivity index (χ1v) is 7.43. The number of piperazine rings is 1. The van der Waals surface area contributed by atoms with Crippen molar-refractivity contribution in [3.8, 4) is 0 Å². The van der Waals surface area contributed by atoms with Crippen LogP contribution in [0.1, 0.15) is 17.5 Å². The van der Waals surface area contributed by atoms with Crippen LogP contribution in [0.25, 0.3) is 0 Å². The van der Waals surface area contributed by atoms with Gasteiger partial charge in [-0.3, -0.25) is 0 Å². The molecule has 1 unspecified atom stereocenters. The first-order valence-electron chi connectivity index (χ1n) is 7.43. The molecule has 0 aromatic heterocycles. The number of aryl methyl sites for hydroxylation is 1. The molecular formula is C16H27N3. The molecule has 106 valence electrons. The van der Waals surface area contributed by atoms with Crippen LogP contribution in [0, 0.1) is 6.92 Å². The summed E-state index contributed by atoms with van der Waals surface area (Å²) in [6, 6.07) is 9.36. The summed E-state index contributed by atoms with van der Waals surface area (Å²) in [5.74, 6) is 0. The highest BCUT2D eigenvalue weighted by atomic mass is 15.2. The van der Waals surface area contributed by atoms with E-state index in [1.165, 1.54) is 24.1 Å². The summed E-state index contributed by atoms with van der Waals surface area (Å²) < 4.78 is 0. The first-order chi connectivity index (χ1) is 9.27. The molecule has 0 spiro atoms. The Morgan fingerprint density at radius 2 is 2.16 bits per heavy atom. The van der Waals surface area contributed by atoms with Gasteiger partial charge in [-0.15, -0.1) is 0 Å². The van der Waals surface area contributed by atoms with Crippen molar-refractivity contribution in [2.45, 2.75) is 25.8 Å². The molecule has 1 aliphatic heterocycles. The van der Waals surface area contributed by atoms with E-state index in [-0.39, 0.29) is 0 Å². The fourth-order valence-corrected chi connectivity index (χ4v) is 2.69. The average molecular weight is 261 g/mol. The Labute approximate surface area is 117 Å². The molecule has 1 fully saturated rings. The van der Waals surface area contributed by atoms with E-state index >= 15 is 0 Å². The van der Waals surface area contributed by atoms with Crippen LogP contribution in [-0.4, -0.2) is 50.7 Å². The summed E-state index contributed by atoms with van der Waals surface area (Å²) in [7, 11) is 2.23. The number of nitrogens with one attached hydrogen (secondary N) is 2. The van der Waals surface area contributed by atoms with E-state index in [4.69, 9.17) is 0 Å². The van der Waals surface area contributed by atoms with Crippen LogP contribution in [0.2, 0.25) is 0 Å². The lowest BCUT2D eigenvalue weighted by Crippen LogP contribution is -2.50. The molecular weight excluding hydrogens is 234 g/mol. The van der Waals surface area contributed by atoms with E-state index in [0.29, 0.717) is 6.04 Å². The lowest BCUT2D eigenvalue weighted by Gasteiger charge is -2.33. The Balaban J connectivity index is 1.61. The Bertz CT molecular complexity index is 378. The highest BCUT2D eigenvalue weighted by molar-refractivity contribution is 5.25. The second-order valence-corrected chi connectivity index (χ2v) is 5.55. The lowest BCUT2D eigenvalue weighted by molar-refractivity contribution is 0.190. The molecule has 3 nitrogen and oxygen atoms in total. The molecule has 0 radical (unpaired) electrons. The second kappa shape index (κ2) is 7.63. The molecule has 0 saturated carbocycles. The first kappa shape index (κ1) is 14.5. The number of hydrogen-bond donors (Lipinski definition) is 2. The van der Waals surface area contributed by atoms with Crippen LogP contribution >= 0.6 is 0 Å². The van der Waals surface area contributed by atoms with Crippen molar-refractivity contribution in [2.24, 2.45) is 0 Å². The lowest BCUT2D eigenvalue weighted by atomic mass is 10.1. The summed E-state index contributed by atoms with van der Waals surface area (Å²) in [5, 5.41) is 7.04. The Kier molecular flexibility index (Phi) is 5.83. The number of rotatable bonds is 6. The average Bonchev–Trinajstić information content (AvgIpc) is 2.42. The van der Waals surface area contributed by atoms with Crippen molar-refractivity contribution in [2.75, 3.05) is 39.8 Å². The van der Waals surface area contributed by atoms with Crippen molar-refractivity contribution < 1.29 is 0 Å². The molecule has 3 heteroatoms. The minimum absolute atomic E-state index is 0.694. The van der Waals surface area contributed by atoms with E-state index < -0.39 is 0 Å². The Hall–Kier alpha value is -0.900. The van der Waals surface area contributed by atoms with E-state index in [2.05, 4.69) is 53.8 Å². The van der Waals surface area contributed by atoms with E-state index in [1.54, 1.807) is 0 Å². The van der Waals surface area contributed by atoms with Gasteiger partial charge < -0.3 is 15.5 Å². The quantitative estimate of drug-likeness (QED) is 0.759. The van der Waals surface area contributed by atoms with Crippen molar-refractivity contribution >= 4 is 0 Å². The number of hydrogen-bond acceptors (Lipinski definition) is 3. The van der Waals surface area contributed by atoms with Crippen molar-refractivity contribution in [1.82, 2.24) is 15.5 Å². The van der Waals surface area contributed by atoms with Crippen molar-refractivity contribution in [1.29, 1.82) is 0 Å². The third-order valence-corrected chi connectivity index (χ3v) is 4.13. The van der Waals surface area contributed by atoms with Gasteiger partial charge in [0, 0.05) is 25.7 Å². The fraction of sp³-hybridized carbons (Fsp3) is 0.625. The largest absolute Gasteiger partial charge is 0.316 e. The van der Waals surface area contributed by atoms with Crippen LogP contribution < -0.4 is 10.6 Å². The highest BCUT2D eigenvalue weighted by Crippen LogP contribution is 2.07. The van der Waals surface area contributed by atoms with Gasteiger partial charge in [0.2, 0.25) is 0 Å². The highest BCUT2D eigenvalue weighted by Gasteiger charge is 2.17. The van der Waals surface area contributed by atoms with Gasteiger partial charge in [0.1, 0.15) is 0 Å². The fourth-order valence-electron chi connectivity index (χ4n) is 2.69. The van der Waals surface area contributed by atoms with E-state index in [0.717, 1.165) is 32.6 Å². The zero-order valence-electron chi connectivity index (χ0n) is 12.3. The van der Waals surface area contributed by atoms with Gasteiger partial charge in [-0.05, 0) is 51.0 Å². The standard InChI is InChI=1S/C16H27N3/c1-14-5-3-4-6-15(14)7-9-17-10-8-16-13-18-11-12-19(16)2/h3-6,16-18H,7-13H2,1-2H3. The van der Waals surface area contributed by atoms with Crippen LogP contribution in [0.3, 0.4) is 0 Å². The van der Waals surface area contributed by atoms with Crippen LogP contribution in [0.5, 0.6) is 0 Å².